The van der Waals surface area contributed by atoms with E-state index in [1.165, 1.54) is 13.1 Å². The molecule has 3 N–H and O–H groups in total. The number of carbonyl (C=O) groups is 4. The summed E-state index contributed by atoms with van der Waals surface area (Å²) in [5.74, 6) is -1.72. The molecule has 0 aromatic carbocycles. The molecule has 5 amide bonds. The van der Waals surface area contributed by atoms with Gasteiger partial charge < -0.3 is 20.6 Å². The van der Waals surface area contributed by atoms with E-state index in [-0.39, 0.29) is 11.9 Å². The Morgan fingerprint density at radius 3 is 2.48 bits per heavy atom. The maximum atomic E-state index is 13.0. The molecule has 2 rings (SSSR count). The highest BCUT2D eigenvalue weighted by Gasteiger charge is 2.38. The number of nitrogens with zero attached hydrogens (tertiary/aromatic N) is 2. The minimum atomic E-state index is -1.45. The molecule has 0 aromatic rings. The fraction of sp³-hybridized carbons (Fsp3) is 0.500. The van der Waals surface area contributed by atoms with Crippen molar-refractivity contribution < 1.29 is 24.3 Å². The lowest BCUT2D eigenvalue weighted by atomic mass is 9.97. The molecular weight excluding hydrogens is 376 g/mol. The van der Waals surface area contributed by atoms with Gasteiger partial charge >= 0.3 is 12.1 Å². The van der Waals surface area contributed by atoms with Crippen molar-refractivity contribution >= 4 is 23.9 Å². The van der Waals surface area contributed by atoms with Gasteiger partial charge in [-0.2, -0.15) is 0 Å². The number of allylic oxidation sites excluding steroid dienone is 4. The number of carboxylic acid groups (broad SMARTS) is 1. The van der Waals surface area contributed by atoms with Crippen LogP contribution in [-0.4, -0.2) is 65.5 Å². The molecular formula is C20H28N4O5. The first-order valence-corrected chi connectivity index (χ1v) is 9.63. The molecule has 158 valence electrons. The zero-order valence-electron chi connectivity index (χ0n) is 16.9. The molecule has 29 heavy (non-hydrogen) atoms. The number of amides is 5. The number of imide groups is 1. The summed E-state index contributed by atoms with van der Waals surface area (Å²) in [6.07, 6.45) is 4.39. The van der Waals surface area contributed by atoms with Gasteiger partial charge in [-0.25, -0.2) is 14.5 Å². The normalized spacial score (nSPS) is 21.7. The second-order valence-electron chi connectivity index (χ2n) is 7.05. The van der Waals surface area contributed by atoms with Gasteiger partial charge in [-0.3, -0.25) is 9.59 Å². The number of urea groups is 1. The topological polar surface area (TPSA) is 119 Å². The van der Waals surface area contributed by atoms with Crippen molar-refractivity contribution in [1.82, 2.24) is 20.4 Å². The Labute approximate surface area is 170 Å². The average Bonchev–Trinajstić information content (AvgIpc) is 3.35. The van der Waals surface area contributed by atoms with E-state index in [0.717, 1.165) is 18.4 Å². The van der Waals surface area contributed by atoms with E-state index >= 15 is 0 Å². The summed E-state index contributed by atoms with van der Waals surface area (Å²) < 4.78 is 0. The fourth-order valence-electron chi connectivity index (χ4n) is 3.74. The minimum Gasteiger partial charge on any atom is -0.465 e. The highest BCUT2D eigenvalue weighted by molar-refractivity contribution is 5.98. The number of carbonyl (C=O) groups excluding carboxylic acids is 3. The van der Waals surface area contributed by atoms with Crippen LogP contribution in [0.1, 0.15) is 32.6 Å². The Hall–Kier alpha value is -3.10. The van der Waals surface area contributed by atoms with E-state index in [0.29, 0.717) is 42.1 Å². The molecule has 2 fully saturated rings. The number of hydrogen-bond donors (Lipinski definition) is 3. The Kier molecular flexibility index (Phi) is 7.58. The lowest BCUT2D eigenvalue weighted by Gasteiger charge is -2.24. The van der Waals surface area contributed by atoms with Crippen molar-refractivity contribution in [3.8, 4) is 0 Å². The molecule has 0 spiro atoms. The van der Waals surface area contributed by atoms with Crippen LogP contribution in [0.2, 0.25) is 0 Å². The number of hydrogen-bond acceptors (Lipinski definition) is 4. The molecule has 0 radical (unpaired) electrons. The van der Waals surface area contributed by atoms with E-state index in [2.05, 4.69) is 17.2 Å². The summed E-state index contributed by atoms with van der Waals surface area (Å²) in [4.78, 5) is 51.0. The summed E-state index contributed by atoms with van der Waals surface area (Å²) in [6, 6.07) is -0.383. The fourth-order valence-corrected chi connectivity index (χ4v) is 3.74. The molecule has 1 aliphatic heterocycles. The second-order valence-corrected chi connectivity index (χ2v) is 7.05. The molecule has 1 saturated heterocycles. The maximum absolute atomic E-state index is 13.0. The smallest absolute Gasteiger partial charge is 0.414 e. The molecule has 1 saturated carbocycles. The van der Waals surface area contributed by atoms with Gasteiger partial charge in [0.25, 0.3) is 0 Å². The average molecular weight is 404 g/mol. The minimum absolute atomic E-state index is 0.362. The molecule has 9 nitrogen and oxygen atoms in total. The van der Waals surface area contributed by atoms with E-state index in [9.17, 15) is 24.3 Å². The highest BCUT2D eigenvalue weighted by Crippen LogP contribution is 2.38. The molecule has 0 unspecified atom stereocenters. The quantitative estimate of drug-likeness (QED) is 0.646. The van der Waals surface area contributed by atoms with E-state index in [4.69, 9.17) is 0 Å². The molecule has 1 atom stereocenters. The van der Waals surface area contributed by atoms with Crippen LogP contribution < -0.4 is 10.6 Å². The van der Waals surface area contributed by atoms with Crippen LogP contribution in [0.5, 0.6) is 0 Å². The van der Waals surface area contributed by atoms with Crippen molar-refractivity contribution in [3.63, 3.8) is 0 Å². The van der Waals surface area contributed by atoms with E-state index < -0.39 is 24.5 Å². The second kappa shape index (κ2) is 9.90. The van der Waals surface area contributed by atoms with Crippen molar-refractivity contribution in [1.29, 1.82) is 0 Å². The highest BCUT2D eigenvalue weighted by atomic mass is 16.4. The van der Waals surface area contributed by atoms with Crippen LogP contribution in [0.25, 0.3) is 0 Å². The third-order valence-corrected chi connectivity index (χ3v) is 5.23. The van der Waals surface area contributed by atoms with Gasteiger partial charge in [-0.1, -0.05) is 18.7 Å². The Morgan fingerprint density at radius 1 is 1.28 bits per heavy atom. The Balaban J connectivity index is 2.24. The van der Waals surface area contributed by atoms with E-state index in [1.807, 2.05) is 0 Å². The number of rotatable bonds is 5. The standard InChI is InChI=1S/C20H28N4O5/c1-4-7-15-14(13(2)22-19(27)21-3)8-9-16(15)18(26)24(20(28)29)12-17(25)23-10-5-6-11-23/h4,7,16H,1,5-6,8-12H2,2-3H3,(H,28,29)(H2,21,22,27)/b14-13-,15-7+/t16-/m0/s1. The first kappa shape index (κ1) is 22.2. The third kappa shape index (κ3) is 5.24. The van der Waals surface area contributed by atoms with Gasteiger partial charge in [0.2, 0.25) is 11.8 Å². The molecule has 1 heterocycles. The Bertz CT molecular complexity index is 765. The van der Waals surface area contributed by atoms with Crippen molar-refractivity contribution in [3.05, 3.63) is 35.6 Å². The predicted molar refractivity (Wildman–Crippen MR) is 107 cm³/mol. The molecule has 9 heteroatoms. The number of nitrogens with one attached hydrogen (secondary N) is 2. The summed E-state index contributed by atoms with van der Waals surface area (Å²) in [5.41, 5.74) is 1.96. The molecule has 0 aromatic heterocycles. The zero-order chi connectivity index (χ0) is 21.6. The molecule has 1 aliphatic carbocycles. The Morgan fingerprint density at radius 2 is 1.93 bits per heavy atom. The van der Waals surface area contributed by atoms with Crippen LogP contribution >= 0.6 is 0 Å². The summed E-state index contributed by atoms with van der Waals surface area (Å²) in [7, 11) is 1.50. The summed E-state index contributed by atoms with van der Waals surface area (Å²) in [5, 5.41) is 14.7. The zero-order valence-corrected chi connectivity index (χ0v) is 16.9. The van der Waals surface area contributed by atoms with Crippen LogP contribution in [0.15, 0.2) is 35.6 Å². The number of likely N-dealkylation sites (tertiary alicyclic amines) is 1. The maximum Gasteiger partial charge on any atom is 0.414 e. The van der Waals surface area contributed by atoms with Gasteiger partial charge in [-0.15, -0.1) is 0 Å². The van der Waals surface area contributed by atoms with Gasteiger partial charge in [0.15, 0.2) is 0 Å². The van der Waals surface area contributed by atoms with Crippen molar-refractivity contribution in [2.75, 3.05) is 26.7 Å². The third-order valence-electron chi connectivity index (χ3n) is 5.23. The molecule has 2 aliphatic rings. The van der Waals surface area contributed by atoms with Crippen LogP contribution in [0, 0.1) is 5.92 Å². The van der Waals surface area contributed by atoms with Crippen LogP contribution in [0.4, 0.5) is 9.59 Å². The first-order valence-electron chi connectivity index (χ1n) is 9.63. The monoisotopic (exact) mass is 404 g/mol. The summed E-state index contributed by atoms with van der Waals surface area (Å²) >= 11 is 0. The van der Waals surface area contributed by atoms with E-state index in [1.54, 1.807) is 17.9 Å². The van der Waals surface area contributed by atoms with Gasteiger partial charge in [-0.05, 0) is 43.8 Å². The lowest BCUT2D eigenvalue weighted by molar-refractivity contribution is -0.139. The molecule has 0 bridgehead atoms. The largest absolute Gasteiger partial charge is 0.465 e. The van der Waals surface area contributed by atoms with Gasteiger partial charge in [0.1, 0.15) is 6.54 Å². The van der Waals surface area contributed by atoms with Crippen molar-refractivity contribution in [2.24, 2.45) is 5.92 Å². The van der Waals surface area contributed by atoms with Crippen molar-refractivity contribution in [2.45, 2.75) is 32.6 Å². The first-order chi connectivity index (χ1) is 13.8. The summed E-state index contributed by atoms with van der Waals surface area (Å²) in [6.45, 7) is 6.08. The van der Waals surface area contributed by atoms with Gasteiger partial charge in [0.05, 0.1) is 5.92 Å². The predicted octanol–water partition coefficient (Wildman–Crippen LogP) is 1.84. The van der Waals surface area contributed by atoms with Crippen LogP contribution in [-0.2, 0) is 9.59 Å². The van der Waals surface area contributed by atoms with Crippen LogP contribution in [0.3, 0.4) is 0 Å². The van der Waals surface area contributed by atoms with Gasteiger partial charge in [0, 0.05) is 25.8 Å². The SMILES string of the molecule is C=C/C=C1\C(=C(\C)NC(=O)NC)CC[C@@H]1C(=O)N(CC(=O)N1CCCC1)C(=O)O. The lowest BCUT2D eigenvalue weighted by Crippen LogP contribution is -2.46.